The van der Waals surface area contributed by atoms with Crippen molar-refractivity contribution in [2.45, 2.75) is 19.3 Å². The number of nitrogens with one attached hydrogen (secondary N) is 2. The lowest BCUT2D eigenvalue weighted by Crippen LogP contribution is -2.47. The van der Waals surface area contributed by atoms with Crippen LogP contribution in [0.1, 0.15) is 17.5 Å². The summed E-state index contributed by atoms with van der Waals surface area (Å²) < 4.78 is 0.965. The van der Waals surface area contributed by atoms with Gasteiger partial charge in [0.15, 0.2) is 0 Å². The number of para-hydroxylation sites is 1. The van der Waals surface area contributed by atoms with Gasteiger partial charge in [-0.05, 0) is 42.2 Å². The molecule has 0 unspecified atom stereocenters. The molecule has 1 aliphatic heterocycles. The number of hydrogen-bond donors (Lipinski definition) is 2. The maximum atomic E-state index is 12.1. The molecule has 0 radical (unpaired) electrons. The fraction of sp³-hybridized carbons (Fsp3) is 0.263. The Kier molecular flexibility index (Phi) is 5.71. The highest BCUT2D eigenvalue weighted by Gasteiger charge is 2.18. The molecular weight excluding hydrogens is 382 g/mol. The molecule has 0 aliphatic carbocycles. The van der Waals surface area contributed by atoms with E-state index in [0.29, 0.717) is 0 Å². The molecule has 2 aromatic carbocycles. The summed E-state index contributed by atoms with van der Waals surface area (Å²) in [6.07, 6.45) is 2.29. The second-order valence-corrected chi connectivity index (χ2v) is 6.97. The van der Waals surface area contributed by atoms with E-state index in [-0.39, 0.29) is 24.8 Å². The standard InChI is InChI=1S/C19H20BrN3O2/c20-16-9-7-14(8-10-16)12-18(24)21-22-19(25)13-23-11-3-5-15-4-1-2-6-17(15)23/h1-2,4,6-10H,3,5,11-13H2,(H,21,24)(H,22,25). The van der Waals surface area contributed by atoms with Gasteiger partial charge >= 0.3 is 0 Å². The lowest BCUT2D eigenvalue weighted by Gasteiger charge is -2.30. The van der Waals surface area contributed by atoms with Crippen molar-refractivity contribution in [3.63, 3.8) is 0 Å². The molecule has 2 aromatic rings. The van der Waals surface area contributed by atoms with Crippen LogP contribution in [-0.4, -0.2) is 24.9 Å². The molecule has 2 N–H and O–H groups in total. The number of aryl methyl sites for hydroxylation is 1. The molecule has 0 aromatic heterocycles. The SMILES string of the molecule is O=C(Cc1ccc(Br)cc1)NNC(=O)CN1CCCc2ccccc21. The highest BCUT2D eigenvalue weighted by atomic mass is 79.9. The minimum absolute atomic E-state index is 0.221. The lowest BCUT2D eigenvalue weighted by atomic mass is 10.0. The fourth-order valence-electron chi connectivity index (χ4n) is 2.96. The van der Waals surface area contributed by atoms with Crippen LogP contribution in [0, 0.1) is 0 Å². The summed E-state index contributed by atoms with van der Waals surface area (Å²) in [5.74, 6) is -0.462. The molecule has 3 rings (SSSR count). The number of nitrogens with zero attached hydrogens (tertiary/aromatic N) is 1. The number of carbonyl (C=O) groups is 2. The van der Waals surface area contributed by atoms with Crippen LogP contribution in [0.25, 0.3) is 0 Å². The zero-order valence-electron chi connectivity index (χ0n) is 13.8. The summed E-state index contributed by atoms with van der Waals surface area (Å²) >= 11 is 3.36. The maximum absolute atomic E-state index is 12.1. The van der Waals surface area contributed by atoms with Crippen LogP contribution < -0.4 is 15.8 Å². The van der Waals surface area contributed by atoms with Crippen molar-refractivity contribution in [3.8, 4) is 0 Å². The van der Waals surface area contributed by atoms with E-state index >= 15 is 0 Å². The van der Waals surface area contributed by atoms with Crippen LogP contribution in [0.4, 0.5) is 5.69 Å². The smallest absolute Gasteiger partial charge is 0.257 e. The molecule has 0 spiro atoms. The molecule has 0 fully saturated rings. The Bertz CT molecular complexity index is 762. The van der Waals surface area contributed by atoms with Gasteiger partial charge in [-0.2, -0.15) is 0 Å². The van der Waals surface area contributed by atoms with Crippen LogP contribution in [0.5, 0.6) is 0 Å². The number of benzene rings is 2. The van der Waals surface area contributed by atoms with Gasteiger partial charge in [-0.25, -0.2) is 0 Å². The van der Waals surface area contributed by atoms with Crippen LogP contribution in [0.3, 0.4) is 0 Å². The van der Waals surface area contributed by atoms with Crippen molar-refractivity contribution in [2.75, 3.05) is 18.0 Å². The van der Waals surface area contributed by atoms with Gasteiger partial charge < -0.3 is 4.90 Å². The third kappa shape index (κ3) is 4.82. The number of carbonyl (C=O) groups excluding carboxylic acids is 2. The number of rotatable bonds is 4. The molecule has 1 aliphatic rings. The predicted molar refractivity (Wildman–Crippen MR) is 101 cm³/mol. The van der Waals surface area contributed by atoms with Crippen LogP contribution >= 0.6 is 15.9 Å². The Balaban J connectivity index is 1.48. The molecule has 130 valence electrons. The quantitative estimate of drug-likeness (QED) is 0.773. The van der Waals surface area contributed by atoms with Gasteiger partial charge in [0.05, 0.1) is 13.0 Å². The summed E-state index contributed by atoms with van der Waals surface area (Å²) in [6.45, 7) is 1.08. The Hall–Kier alpha value is -2.34. The summed E-state index contributed by atoms with van der Waals surface area (Å²) in [4.78, 5) is 26.1. The van der Waals surface area contributed by atoms with Crippen molar-refractivity contribution < 1.29 is 9.59 Å². The Morgan fingerprint density at radius 2 is 1.72 bits per heavy atom. The third-order valence-electron chi connectivity index (χ3n) is 4.16. The average Bonchev–Trinajstić information content (AvgIpc) is 2.62. The van der Waals surface area contributed by atoms with E-state index in [0.717, 1.165) is 35.1 Å². The zero-order valence-corrected chi connectivity index (χ0v) is 15.4. The highest BCUT2D eigenvalue weighted by molar-refractivity contribution is 9.10. The Morgan fingerprint density at radius 3 is 2.52 bits per heavy atom. The first-order chi connectivity index (χ1) is 12.1. The van der Waals surface area contributed by atoms with Gasteiger partial charge in [0, 0.05) is 16.7 Å². The van der Waals surface area contributed by atoms with E-state index in [9.17, 15) is 9.59 Å². The summed E-state index contributed by atoms with van der Waals surface area (Å²) in [7, 11) is 0. The normalized spacial score (nSPS) is 13.1. The van der Waals surface area contributed by atoms with Crippen LogP contribution in [-0.2, 0) is 22.4 Å². The maximum Gasteiger partial charge on any atom is 0.257 e. The predicted octanol–water partition coefficient (Wildman–Crippen LogP) is 2.59. The Labute approximate surface area is 155 Å². The molecule has 5 nitrogen and oxygen atoms in total. The van der Waals surface area contributed by atoms with E-state index in [2.05, 4.69) is 37.7 Å². The molecular formula is C19H20BrN3O2. The molecule has 0 atom stereocenters. The van der Waals surface area contributed by atoms with Gasteiger partial charge in [-0.15, -0.1) is 0 Å². The van der Waals surface area contributed by atoms with E-state index in [4.69, 9.17) is 0 Å². The van der Waals surface area contributed by atoms with Crippen molar-refractivity contribution in [1.29, 1.82) is 0 Å². The lowest BCUT2D eigenvalue weighted by molar-refractivity contribution is -0.127. The monoisotopic (exact) mass is 401 g/mol. The van der Waals surface area contributed by atoms with Crippen molar-refractivity contribution >= 4 is 33.4 Å². The number of halogens is 1. The summed E-state index contributed by atoms with van der Waals surface area (Å²) in [6, 6.07) is 15.6. The third-order valence-corrected chi connectivity index (χ3v) is 4.69. The van der Waals surface area contributed by atoms with E-state index in [1.54, 1.807) is 0 Å². The minimum atomic E-state index is -0.241. The second kappa shape index (κ2) is 8.16. The van der Waals surface area contributed by atoms with Gasteiger partial charge in [0.2, 0.25) is 5.91 Å². The van der Waals surface area contributed by atoms with E-state index in [1.807, 2.05) is 42.5 Å². The molecule has 1 heterocycles. The first-order valence-corrected chi connectivity index (χ1v) is 9.06. The number of hydrogen-bond acceptors (Lipinski definition) is 3. The molecule has 0 saturated carbocycles. The van der Waals surface area contributed by atoms with E-state index < -0.39 is 0 Å². The second-order valence-electron chi connectivity index (χ2n) is 6.05. The highest BCUT2D eigenvalue weighted by Crippen LogP contribution is 2.26. The van der Waals surface area contributed by atoms with Gasteiger partial charge in [-0.1, -0.05) is 46.3 Å². The Morgan fingerprint density at radius 1 is 1.00 bits per heavy atom. The first-order valence-electron chi connectivity index (χ1n) is 8.27. The van der Waals surface area contributed by atoms with Gasteiger partial charge in [0.1, 0.15) is 0 Å². The number of amides is 2. The topological polar surface area (TPSA) is 61.4 Å². The van der Waals surface area contributed by atoms with Gasteiger partial charge in [-0.3, -0.25) is 20.4 Å². The largest absolute Gasteiger partial charge is 0.362 e. The number of fused-ring (bicyclic) bond motifs is 1. The van der Waals surface area contributed by atoms with E-state index in [1.165, 1.54) is 5.56 Å². The van der Waals surface area contributed by atoms with Crippen molar-refractivity contribution in [2.24, 2.45) is 0 Å². The zero-order chi connectivity index (χ0) is 17.6. The number of hydrazine groups is 1. The van der Waals surface area contributed by atoms with Crippen molar-refractivity contribution in [1.82, 2.24) is 10.9 Å². The van der Waals surface area contributed by atoms with Gasteiger partial charge in [0.25, 0.3) is 5.91 Å². The molecule has 2 amide bonds. The first kappa shape index (κ1) is 17.5. The average molecular weight is 402 g/mol. The number of anilines is 1. The molecule has 0 bridgehead atoms. The van der Waals surface area contributed by atoms with Crippen molar-refractivity contribution in [3.05, 3.63) is 64.1 Å². The fourth-order valence-corrected chi connectivity index (χ4v) is 3.22. The van der Waals surface area contributed by atoms with Crippen LogP contribution in [0.2, 0.25) is 0 Å². The minimum Gasteiger partial charge on any atom is -0.362 e. The molecule has 0 saturated heterocycles. The molecule has 25 heavy (non-hydrogen) atoms. The summed E-state index contributed by atoms with van der Waals surface area (Å²) in [5.41, 5.74) is 8.24. The molecule has 6 heteroatoms. The van der Waals surface area contributed by atoms with Crippen LogP contribution in [0.15, 0.2) is 53.0 Å². The summed E-state index contributed by atoms with van der Waals surface area (Å²) in [5, 5.41) is 0.